The van der Waals surface area contributed by atoms with Gasteiger partial charge in [-0.2, -0.15) is 0 Å². The van der Waals surface area contributed by atoms with E-state index in [1.807, 2.05) is 58.8 Å². The third-order valence-electron chi connectivity index (χ3n) is 6.30. The van der Waals surface area contributed by atoms with E-state index in [9.17, 15) is 9.59 Å². The Balaban J connectivity index is 1.36. The number of nitrogens with zero attached hydrogens (tertiary/aromatic N) is 2. The highest BCUT2D eigenvalue weighted by Gasteiger charge is 2.27. The largest absolute Gasteiger partial charge is 0.352 e. The maximum absolute atomic E-state index is 12.9. The van der Waals surface area contributed by atoms with Gasteiger partial charge in [-0.05, 0) is 36.5 Å². The number of aryl methyl sites for hydroxylation is 1. The number of aromatic amines is 1. The molecule has 168 valence electrons. The second-order valence-electron chi connectivity index (χ2n) is 8.51. The number of piperidine rings is 1. The summed E-state index contributed by atoms with van der Waals surface area (Å²) in [6, 6.07) is 18.1. The highest BCUT2D eigenvalue weighted by molar-refractivity contribution is 7.17. The van der Waals surface area contributed by atoms with Gasteiger partial charge in [0.25, 0.3) is 5.56 Å². The van der Waals surface area contributed by atoms with Gasteiger partial charge >= 0.3 is 0 Å². The fourth-order valence-corrected chi connectivity index (χ4v) is 5.32. The lowest BCUT2D eigenvalue weighted by Gasteiger charge is -2.32. The summed E-state index contributed by atoms with van der Waals surface area (Å²) in [6.45, 7) is 3.88. The minimum absolute atomic E-state index is 0.0480. The average molecular weight is 459 g/mol. The number of nitrogens with one attached hydrogen (secondary N) is 2. The number of rotatable bonds is 5. The molecule has 1 atom stereocenters. The van der Waals surface area contributed by atoms with Gasteiger partial charge in [-0.1, -0.05) is 54.6 Å². The zero-order valence-corrected chi connectivity index (χ0v) is 19.3. The number of H-pyrrole nitrogens is 1. The van der Waals surface area contributed by atoms with Gasteiger partial charge in [-0.3, -0.25) is 14.6 Å². The molecule has 0 unspecified atom stereocenters. The Labute approximate surface area is 196 Å². The molecule has 2 N–H and O–H groups in total. The summed E-state index contributed by atoms with van der Waals surface area (Å²) in [6.07, 6.45) is 1.70. The summed E-state index contributed by atoms with van der Waals surface area (Å²) in [5, 5.41) is 5.08. The van der Waals surface area contributed by atoms with Crippen molar-refractivity contribution in [3.8, 4) is 11.1 Å². The Hall–Kier alpha value is -3.45. The van der Waals surface area contributed by atoms with Gasteiger partial charge in [-0.15, -0.1) is 11.3 Å². The molecule has 2 aromatic carbocycles. The van der Waals surface area contributed by atoms with Crippen molar-refractivity contribution in [3.05, 3.63) is 81.5 Å². The number of anilines is 1. The second kappa shape index (κ2) is 9.19. The molecule has 1 amide bonds. The third kappa shape index (κ3) is 4.41. The van der Waals surface area contributed by atoms with E-state index in [-0.39, 0.29) is 17.4 Å². The van der Waals surface area contributed by atoms with Crippen LogP contribution in [0, 0.1) is 12.8 Å². The van der Waals surface area contributed by atoms with Crippen LogP contribution in [0.3, 0.4) is 0 Å². The molecule has 2 aromatic heterocycles. The molecule has 6 nitrogen and oxygen atoms in total. The average Bonchev–Trinajstić information content (AvgIpc) is 3.29. The van der Waals surface area contributed by atoms with Crippen molar-refractivity contribution < 1.29 is 4.79 Å². The molecule has 7 heteroatoms. The zero-order chi connectivity index (χ0) is 22.8. The van der Waals surface area contributed by atoms with Crippen LogP contribution in [0.4, 0.5) is 5.95 Å². The SMILES string of the molecule is Cc1ccccc1CNC(=O)[C@@H]1CCCN(c2nc3c(-c4ccccc4)csc3c(=O)[nH]2)C1. The Morgan fingerprint density at radius 1 is 1.18 bits per heavy atom. The number of thiophene rings is 1. The Bertz CT molecular complexity index is 1350. The smallest absolute Gasteiger partial charge is 0.270 e. The Kier molecular flexibility index (Phi) is 5.96. The minimum atomic E-state index is -0.139. The molecular weight excluding hydrogens is 432 g/mol. The fraction of sp³-hybridized carbons (Fsp3) is 0.269. The lowest BCUT2D eigenvalue weighted by Crippen LogP contribution is -2.44. The first-order valence-corrected chi connectivity index (χ1v) is 12.1. The summed E-state index contributed by atoms with van der Waals surface area (Å²) in [7, 11) is 0. The number of carbonyl (C=O) groups is 1. The topological polar surface area (TPSA) is 78.1 Å². The molecule has 0 bridgehead atoms. The molecule has 1 saturated heterocycles. The van der Waals surface area contributed by atoms with Gasteiger partial charge in [0.15, 0.2) is 0 Å². The second-order valence-corrected chi connectivity index (χ2v) is 9.39. The fourth-order valence-electron chi connectivity index (χ4n) is 4.41. The molecule has 3 heterocycles. The molecule has 0 aliphatic carbocycles. The summed E-state index contributed by atoms with van der Waals surface area (Å²) in [5.74, 6) is 0.450. The molecular formula is C26H26N4O2S. The number of benzene rings is 2. The van der Waals surface area contributed by atoms with Crippen LogP contribution in [0.5, 0.6) is 0 Å². The number of amides is 1. The molecule has 1 aliphatic rings. The van der Waals surface area contributed by atoms with E-state index in [1.165, 1.54) is 16.9 Å². The van der Waals surface area contributed by atoms with Crippen molar-refractivity contribution in [2.45, 2.75) is 26.3 Å². The standard InChI is InChI=1S/C26H26N4O2S/c1-17-8-5-6-11-19(17)14-27-24(31)20-12-7-13-30(15-20)26-28-22-21(18-9-3-2-4-10-18)16-33-23(22)25(32)29-26/h2-6,8-11,16,20H,7,12-15H2,1H3,(H,27,31)(H,28,29,32)/t20-/m1/s1. The van der Waals surface area contributed by atoms with Crippen LogP contribution in [-0.4, -0.2) is 29.0 Å². The van der Waals surface area contributed by atoms with Gasteiger partial charge in [-0.25, -0.2) is 4.98 Å². The predicted octanol–water partition coefficient (Wildman–Crippen LogP) is 4.49. The van der Waals surface area contributed by atoms with Crippen LogP contribution >= 0.6 is 11.3 Å². The molecule has 0 radical (unpaired) electrons. The van der Waals surface area contributed by atoms with Gasteiger partial charge in [0, 0.05) is 30.6 Å². The normalized spacial score (nSPS) is 16.2. The van der Waals surface area contributed by atoms with Gasteiger partial charge < -0.3 is 10.2 Å². The first-order valence-electron chi connectivity index (χ1n) is 11.2. The minimum Gasteiger partial charge on any atom is -0.352 e. The van der Waals surface area contributed by atoms with Crippen LogP contribution < -0.4 is 15.8 Å². The molecule has 33 heavy (non-hydrogen) atoms. The maximum atomic E-state index is 12.9. The van der Waals surface area contributed by atoms with Crippen molar-refractivity contribution in [1.82, 2.24) is 15.3 Å². The van der Waals surface area contributed by atoms with E-state index in [4.69, 9.17) is 4.98 Å². The van der Waals surface area contributed by atoms with Crippen molar-refractivity contribution >= 4 is 33.4 Å². The molecule has 1 aliphatic heterocycles. The lowest BCUT2D eigenvalue weighted by atomic mass is 9.97. The first kappa shape index (κ1) is 21.4. The van der Waals surface area contributed by atoms with Gasteiger partial charge in [0.05, 0.1) is 11.4 Å². The van der Waals surface area contributed by atoms with Crippen LogP contribution in [0.1, 0.15) is 24.0 Å². The van der Waals surface area contributed by atoms with Crippen molar-refractivity contribution in [2.75, 3.05) is 18.0 Å². The number of carbonyl (C=O) groups excluding carboxylic acids is 1. The quantitative estimate of drug-likeness (QED) is 0.462. The monoisotopic (exact) mass is 458 g/mol. The summed E-state index contributed by atoms with van der Waals surface area (Å²) >= 11 is 1.41. The van der Waals surface area contributed by atoms with Crippen LogP contribution in [0.25, 0.3) is 21.3 Å². The number of fused-ring (bicyclic) bond motifs is 1. The van der Waals surface area contributed by atoms with E-state index in [1.54, 1.807) is 0 Å². The maximum Gasteiger partial charge on any atom is 0.270 e. The first-order chi connectivity index (χ1) is 16.1. The number of hydrogen-bond acceptors (Lipinski definition) is 5. The van der Waals surface area contributed by atoms with Crippen LogP contribution in [0.2, 0.25) is 0 Å². The van der Waals surface area contributed by atoms with E-state index in [2.05, 4.69) is 23.3 Å². The molecule has 1 fully saturated rings. The lowest BCUT2D eigenvalue weighted by molar-refractivity contribution is -0.125. The number of hydrogen-bond donors (Lipinski definition) is 2. The van der Waals surface area contributed by atoms with Crippen molar-refractivity contribution in [3.63, 3.8) is 0 Å². The summed E-state index contributed by atoms with van der Waals surface area (Å²) in [5.41, 5.74) is 4.89. The van der Waals surface area contributed by atoms with E-state index in [0.29, 0.717) is 23.7 Å². The van der Waals surface area contributed by atoms with E-state index < -0.39 is 0 Å². The molecule has 5 rings (SSSR count). The Morgan fingerprint density at radius 3 is 2.79 bits per heavy atom. The van der Waals surface area contributed by atoms with Crippen LogP contribution in [-0.2, 0) is 11.3 Å². The molecule has 4 aromatic rings. The highest BCUT2D eigenvalue weighted by atomic mass is 32.1. The summed E-state index contributed by atoms with van der Waals surface area (Å²) < 4.78 is 0.627. The van der Waals surface area contributed by atoms with Crippen molar-refractivity contribution in [2.24, 2.45) is 5.92 Å². The molecule has 0 saturated carbocycles. The Morgan fingerprint density at radius 2 is 1.97 bits per heavy atom. The molecule has 0 spiro atoms. The van der Waals surface area contributed by atoms with Gasteiger partial charge in [0.1, 0.15) is 4.70 Å². The zero-order valence-electron chi connectivity index (χ0n) is 18.5. The van der Waals surface area contributed by atoms with E-state index in [0.717, 1.165) is 41.6 Å². The third-order valence-corrected chi connectivity index (χ3v) is 7.27. The van der Waals surface area contributed by atoms with Gasteiger partial charge in [0.2, 0.25) is 11.9 Å². The van der Waals surface area contributed by atoms with Crippen LogP contribution in [0.15, 0.2) is 64.8 Å². The van der Waals surface area contributed by atoms with Crippen molar-refractivity contribution in [1.29, 1.82) is 0 Å². The number of aromatic nitrogens is 2. The predicted molar refractivity (Wildman–Crippen MR) is 134 cm³/mol. The van der Waals surface area contributed by atoms with E-state index >= 15 is 0 Å². The summed E-state index contributed by atoms with van der Waals surface area (Å²) in [4.78, 5) is 35.5. The highest BCUT2D eigenvalue weighted by Crippen LogP contribution is 2.32.